The van der Waals surface area contributed by atoms with Gasteiger partial charge in [0.1, 0.15) is 6.61 Å². The van der Waals surface area contributed by atoms with Crippen LogP contribution in [0.3, 0.4) is 0 Å². The maximum absolute atomic E-state index is 12.3. The number of carbonyl (C=O) groups excluding carboxylic acids is 3. The number of nitrogens with zero attached hydrogens (tertiary/aromatic N) is 1. The first-order chi connectivity index (χ1) is 12.0. The number of hydrogen-bond acceptors (Lipinski definition) is 4. The van der Waals surface area contributed by atoms with E-state index >= 15 is 0 Å². The second kappa shape index (κ2) is 7.04. The van der Waals surface area contributed by atoms with Crippen LogP contribution < -0.4 is 15.5 Å². The summed E-state index contributed by atoms with van der Waals surface area (Å²) in [7, 11) is 0. The fourth-order valence-electron chi connectivity index (χ4n) is 2.46. The van der Waals surface area contributed by atoms with Crippen LogP contribution in [0.1, 0.15) is 17.3 Å². The number of benzene rings is 2. The molecule has 1 aliphatic heterocycles. The molecule has 0 unspecified atom stereocenters. The molecule has 2 aromatic rings. The molecular formula is C18H17N3O4. The molecule has 0 aliphatic carbocycles. The van der Waals surface area contributed by atoms with E-state index in [1.807, 2.05) is 0 Å². The van der Waals surface area contributed by atoms with Crippen molar-refractivity contribution in [3.63, 3.8) is 0 Å². The van der Waals surface area contributed by atoms with Crippen LogP contribution >= 0.6 is 0 Å². The number of anilines is 3. The van der Waals surface area contributed by atoms with Crippen LogP contribution in [-0.4, -0.2) is 31.1 Å². The highest BCUT2D eigenvalue weighted by atomic mass is 16.6. The summed E-state index contributed by atoms with van der Waals surface area (Å²) in [6.45, 7) is 2.32. The molecule has 1 fully saturated rings. The zero-order valence-corrected chi connectivity index (χ0v) is 13.6. The Morgan fingerprint density at radius 1 is 0.960 bits per heavy atom. The third kappa shape index (κ3) is 3.95. The van der Waals surface area contributed by atoms with E-state index in [9.17, 15) is 14.4 Å². The van der Waals surface area contributed by atoms with Gasteiger partial charge in [-0.15, -0.1) is 0 Å². The minimum absolute atomic E-state index is 0.167. The van der Waals surface area contributed by atoms with Crippen molar-refractivity contribution in [1.82, 2.24) is 0 Å². The SMILES string of the molecule is CC(=O)Nc1ccc(C(=O)Nc2ccc(N3CCOC3=O)cc2)cc1. The first-order valence-electron chi connectivity index (χ1n) is 7.76. The minimum atomic E-state index is -0.365. The average molecular weight is 339 g/mol. The van der Waals surface area contributed by atoms with E-state index in [0.717, 1.165) is 5.69 Å². The Bertz CT molecular complexity index is 800. The molecule has 0 atom stereocenters. The minimum Gasteiger partial charge on any atom is -0.447 e. The molecule has 0 aromatic heterocycles. The number of hydrogen-bond donors (Lipinski definition) is 2. The standard InChI is InChI=1S/C18H17N3O4/c1-12(22)19-14-4-2-13(3-5-14)17(23)20-15-6-8-16(9-7-15)21-10-11-25-18(21)24/h2-9H,10-11H2,1H3,(H,19,22)(H,20,23). The van der Waals surface area contributed by atoms with E-state index in [4.69, 9.17) is 4.74 Å². The van der Waals surface area contributed by atoms with E-state index < -0.39 is 0 Å². The third-order valence-corrected chi connectivity index (χ3v) is 3.67. The fourth-order valence-corrected chi connectivity index (χ4v) is 2.46. The number of rotatable bonds is 4. The first-order valence-corrected chi connectivity index (χ1v) is 7.76. The summed E-state index contributed by atoms with van der Waals surface area (Å²) in [5.74, 6) is -0.429. The molecule has 3 amide bonds. The summed E-state index contributed by atoms with van der Waals surface area (Å²) in [5, 5.41) is 5.43. The summed E-state index contributed by atoms with van der Waals surface area (Å²) in [6.07, 6.45) is -0.365. The summed E-state index contributed by atoms with van der Waals surface area (Å²) in [5.41, 5.74) is 2.44. The topological polar surface area (TPSA) is 87.7 Å². The largest absolute Gasteiger partial charge is 0.447 e. The van der Waals surface area contributed by atoms with Gasteiger partial charge in [-0.1, -0.05) is 0 Å². The lowest BCUT2D eigenvalue weighted by molar-refractivity contribution is -0.114. The van der Waals surface area contributed by atoms with Crippen molar-refractivity contribution < 1.29 is 19.1 Å². The monoisotopic (exact) mass is 339 g/mol. The quantitative estimate of drug-likeness (QED) is 0.896. The summed E-state index contributed by atoms with van der Waals surface area (Å²) in [4.78, 5) is 36.3. The molecule has 0 saturated carbocycles. The molecule has 7 nitrogen and oxygen atoms in total. The van der Waals surface area contributed by atoms with Gasteiger partial charge in [0.15, 0.2) is 0 Å². The van der Waals surface area contributed by atoms with Crippen molar-refractivity contribution in [2.45, 2.75) is 6.92 Å². The zero-order chi connectivity index (χ0) is 17.8. The fraction of sp³-hybridized carbons (Fsp3) is 0.167. The van der Waals surface area contributed by atoms with Gasteiger partial charge in [-0.3, -0.25) is 14.5 Å². The van der Waals surface area contributed by atoms with Crippen molar-refractivity contribution in [2.75, 3.05) is 28.7 Å². The second-order valence-electron chi connectivity index (χ2n) is 5.53. The molecule has 0 radical (unpaired) electrons. The Kier molecular flexibility index (Phi) is 4.65. The van der Waals surface area contributed by atoms with E-state index in [2.05, 4.69) is 10.6 Å². The van der Waals surface area contributed by atoms with Gasteiger partial charge >= 0.3 is 6.09 Å². The molecule has 7 heteroatoms. The second-order valence-corrected chi connectivity index (χ2v) is 5.53. The van der Waals surface area contributed by atoms with Gasteiger partial charge < -0.3 is 15.4 Å². The van der Waals surface area contributed by atoms with Gasteiger partial charge in [-0.05, 0) is 48.5 Å². The summed E-state index contributed by atoms with van der Waals surface area (Å²) in [6, 6.07) is 13.6. The molecule has 1 heterocycles. The van der Waals surface area contributed by atoms with Gasteiger partial charge in [0.2, 0.25) is 5.91 Å². The van der Waals surface area contributed by atoms with Gasteiger partial charge in [-0.25, -0.2) is 4.79 Å². The van der Waals surface area contributed by atoms with Crippen LogP contribution in [0.5, 0.6) is 0 Å². The molecule has 1 aliphatic rings. The van der Waals surface area contributed by atoms with Crippen LogP contribution in [0.15, 0.2) is 48.5 Å². The molecule has 2 aromatic carbocycles. The molecule has 0 bridgehead atoms. The Morgan fingerprint density at radius 2 is 1.56 bits per heavy atom. The molecule has 0 spiro atoms. The Hall–Kier alpha value is -3.35. The lowest BCUT2D eigenvalue weighted by atomic mass is 10.2. The Balaban J connectivity index is 1.64. The number of nitrogens with one attached hydrogen (secondary N) is 2. The summed E-state index contributed by atoms with van der Waals surface area (Å²) < 4.78 is 4.90. The first kappa shape index (κ1) is 16.5. The van der Waals surface area contributed by atoms with E-state index in [1.54, 1.807) is 48.5 Å². The maximum atomic E-state index is 12.3. The van der Waals surface area contributed by atoms with Gasteiger partial charge in [-0.2, -0.15) is 0 Å². The van der Waals surface area contributed by atoms with Crippen LogP contribution in [0.2, 0.25) is 0 Å². The van der Waals surface area contributed by atoms with Crippen molar-refractivity contribution in [3.05, 3.63) is 54.1 Å². The lowest BCUT2D eigenvalue weighted by Gasteiger charge is -2.13. The smallest absolute Gasteiger partial charge is 0.414 e. The van der Waals surface area contributed by atoms with Crippen LogP contribution in [0, 0.1) is 0 Å². The highest BCUT2D eigenvalue weighted by molar-refractivity contribution is 6.04. The number of ether oxygens (including phenoxy) is 1. The van der Waals surface area contributed by atoms with Crippen molar-refractivity contribution in [3.8, 4) is 0 Å². The Labute approximate surface area is 144 Å². The molecular weight excluding hydrogens is 322 g/mol. The van der Waals surface area contributed by atoms with E-state index in [0.29, 0.717) is 30.1 Å². The van der Waals surface area contributed by atoms with Crippen molar-refractivity contribution in [2.24, 2.45) is 0 Å². The van der Waals surface area contributed by atoms with Gasteiger partial charge in [0, 0.05) is 29.5 Å². The van der Waals surface area contributed by atoms with Crippen LogP contribution in [-0.2, 0) is 9.53 Å². The Morgan fingerprint density at radius 3 is 2.12 bits per heavy atom. The van der Waals surface area contributed by atoms with Crippen LogP contribution in [0.25, 0.3) is 0 Å². The predicted octanol–water partition coefficient (Wildman–Crippen LogP) is 2.85. The molecule has 1 saturated heterocycles. The highest BCUT2D eigenvalue weighted by Crippen LogP contribution is 2.21. The zero-order valence-electron chi connectivity index (χ0n) is 13.6. The van der Waals surface area contributed by atoms with Crippen LogP contribution in [0.4, 0.5) is 21.9 Å². The van der Waals surface area contributed by atoms with Crippen molar-refractivity contribution in [1.29, 1.82) is 0 Å². The van der Waals surface area contributed by atoms with E-state index in [-0.39, 0.29) is 17.9 Å². The number of cyclic esters (lactones) is 1. The van der Waals surface area contributed by atoms with E-state index in [1.165, 1.54) is 11.8 Å². The summed E-state index contributed by atoms with van der Waals surface area (Å²) >= 11 is 0. The molecule has 128 valence electrons. The third-order valence-electron chi connectivity index (χ3n) is 3.67. The number of carbonyl (C=O) groups is 3. The van der Waals surface area contributed by atoms with Crippen molar-refractivity contribution >= 4 is 35.0 Å². The normalized spacial score (nSPS) is 13.3. The molecule has 3 rings (SSSR count). The highest BCUT2D eigenvalue weighted by Gasteiger charge is 2.23. The predicted molar refractivity (Wildman–Crippen MR) is 93.8 cm³/mol. The van der Waals surface area contributed by atoms with Gasteiger partial charge in [0.05, 0.1) is 6.54 Å². The average Bonchev–Trinajstić information content (AvgIpc) is 3.02. The van der Waals surface area contributed by atoms with Gasteiger partial charge in [0.25, 0.3) is 5.91 Å². The lowest BCUT2D eigenvalue weighted by Crippen LogP contribution is -2.23. The maximum Gasteiger partial charge on any atom is 0.414 e. The number of amides is 3. The molecule has 2 N–H and O–H groups in total. The molecule has 25 heavy (non-hydrogen) atoms.